The van der Waals surface area contributed by atoms with Crippen molar-refractivity contribution in [2.45, 2.75) is 58.2 Å². The number of sulfonamides is 1. The maximum atomic E-state index is 13.1. The van der Waals surface area contributed by atoms with Gasteiger partial charge in [0.2, 0.25) is 15.9 Å². The van der Waals surface area contributed by atoms with Gasteiger partial charge in [-0.25, -0.2) is 12.7 Å². The molecule has 8 heteroatoms. The number of nitrogens with zero attached hydrogens (tertiary/aromatic N) is 1. The molecule has 2 aromatic carbocycles. The van der Waals surface area contributed by atoms with Crippen molar-refractivity contribution in [3.63, 3.8) is 0 Å². The van der Waals surface area contributed by atoms with E-state index in [1.165, 1.54) is 4.31 Å². The molecule has 2 aromatic rings. The van der Waals surface area contributed by atoms with Gasteiger partial charge in [0.05, 0.1) is 24.8 Å². The van der Waals surface area contributed by atoms with Crippen LogP contribution in [0.15, 0.2) is 36.4 Å². The van der Waals surface area contributed by atoms with Crippen LogP contribution in [0.5, 0.6) is 5.75 Å². The van der Waals surface area contributed by atoms with Crippen LogP contribution >= 0.6 is 11.6 Å². The molecule has 186 valence electrons. The Morgan fingerprint density at radius 3 is 2.47 bits per heavy atom. The lowest BCUT2D eigenvalue weighted by atomic mass is 9.92. The number of methoxy groups -OCH3 is 1. The van der Waals surface area contributed by atoms with Crippen molar-refractivity contribution in [1.29, 1.82) is 0 Å². The van der Waals surface area contributed by atoms with Crippen molar-refractivity contribution in [1.82, 2.24) is 9.62 Å². The highest BCUT2D eigenvalue weighted by molar-refractivity contribution is 7.88. The highest BCUT2D eigenvalue weighted by Crippen LogP contribution is 2.32. The van der Waals surface area contributed by atoms with Crippen LogP contribution in [-0.4, -0.2) is 38.8 Å². The first-order valence-corrected chi connectivity index (χ1v) is 13.7. The Morgan fingerprint density at radius 1 is 1.18 bits per heavy atom. The second kappa shape index (κ2) is 11.1. The second-order valence-electron chi connectivity index (χ2n) is 9.42. The van der Waals surface area contributed by atoms with E-state index in [0.717, 1.165) is 22.4 Å². The number of piperidine rings is 1. The van der Waals surface area contributed by atoms with Crippen LogP contribution in [0, 0.1) is 12.8 Å². The molecule has 1 aliphatic heterocycles. The molecule has 2 unspecified atom stereocenters. The van der Waals surface area contributed by atoms with E-state index in [0.29, 0.717) is 30.0 Å². The summed E-state index contributed by atoms with van der Waals surface area (Å²) in [6.45, 7) is 8.84. The van der Waals surface area contributed by atoms with Crippen molar-refractivity contribution in [3.05, 3.63) is 63.7 Å². The molecule has 1 aliphatic rings. The Kier molecular flexibility index (Phi) is 8.66. The summed E-state index contributed by atoms with van der Waals surface area (Å²) in [5.41, 5.74) is 3.87. The van der Waals surface area contributed by atoms with E-state index in [-0.39, 0.29) is 36.1 Å². The van der Waals surface area contributed by atoms with Gasteiger partial charge in [-0.2, -0.15) is 0 Å². The third-order valence-electron chi connectivity index (χ3n) is 6.48. The smallest absolute Gasteiger partial charge is 0.224 e. The summed E-state index contributed by atoms with van der Waals surface area (Å²) in [6, 6.07) is 10.7. The molecule has 34 heavy (non-hydrogen) atoms. The number of ether oxygens (including phenoxy) is 1. The number of hydrogen-bond acceptors (Lipinski definition) is 4. The van der Waals surface area contributed by atoms with Crippen LogP contribution in [0.2, 0.25) is 5.02 Å². The molecule has 6 nitrogen and oxygen atoms in total. The fraction of sp³-hybridized carbons (Fsp3) is 0.500. The van der Waals surface area contributed by atoms with Gasteiger partial charge in [-0.15, -0.1) is 0 Å². The Morgan fingerprint density at radius 2 is 1.85 bits per heavy atom. The van der Waals surface area contributed by atoms with Crippen molar-refractivity contribution < 1.29 is 17.9 Å². The lowest BCUT2D eigenvalue weighted by Gasteiger charge is -2.32. The summed E-state index contributed by atoms with van der Waals surface area (Å²) in [4.78, 5) is 13.1. The molecule has 0 saturated carbocycles. The predicted octanol–water partition coefficient (Wildman–Crippen LogP) is 5.20. The molecule has 0 aliphatic carbocycles. The van der Waals surface area contributed by atoms with Gasteiger partial charge in [0.1, 0.15) is 5.75 Å². The number of benzene rings is 2. The predicted molar refractivity (Wildman–Crippen MR) is 137 cm³/mol. The quantitative estimate of drug-likeness (QED) is 0.534. The number of aryl methyl sites for hydroxylation is 1. The van der Waals surface area contributed by atoms with Gasteiger partial charge in [0, 0.05) is 18.1 Å². The first-order valence-electron chi connectivity index (χ1n) is 11.7. The third kappa shape index (κ3) is 6.32. The van der Waals surface area contributed by atoms with Crippen LogP contribution < -0.4 is 10.1 Å². The van der Waals surface area contributed by atoms with Crippen LogP contribution in [0.25, 0.3) is 0 Å². The Bertz CT molecular complexity index is 1120. The minimum atomic E-state index is -3.53. The largest absolute Gasteiger partial charge is 0.496 e. The molecule has 1 N–H and O–H groups in total. The molecule has 1 heterocycles. The molecular weight excluding hydrogens is 472 g/mol. The van der Waals surface area contributed by atoms with Crippen molar-refractivity contribution in [2.75, 3.05) is 20.2 Å². The number of nitrogens with one attached hydrogen (secondary N) is 1. The molecule has 1 amide bonds. The van der Waals surface area contributed by atoms with E-state index in [4.69, 9.17) is 16.3 Å². The SMILES string of the molecule is COc1cc(C)c(C(C)NC(=O)C2CCCN(S(=O)(=O)Cc3ccc(Cl)cc3)C2)cc1C(C)C. The van der Waals surface area contributed by atoms with Gasteiger partial charge in [-0.05, 0) is 79.1 Å². The van der Waals surface area contributed by atoms with E-state index in [1.807, 2.05) is 19.9 Å². The summed E-state index contributed by atoms with van der Waals surface area (Å²) in [5.74, 6) is 0.552. The summed E-state index contributed by atoms with van der Waals surface area (Å²) in [6.07, 6.45) is 1.33. The first kappa shape index (κ1) is 26.5. The molecule has 1 saturated heterocycles. The monoisotopic (exact) mass is 506 g/mol. The normalized spacial score (nSPS) is 18.0. The molecule has 1 fully saturated rings. The third-order valence-corrected chi connectivity index (χ3v) is 8.54. The van der Waals surface area contributed by atoms with Crippen molar-refractivity contribution in [3.8, 4) is 5.75 Å². The van der Waals surface area contributed by atoms with E-state index < -0.39 is 10.0 Å². The minimum Gasteiger partial charge on any atom is -0.496 e. The molecular formula is C26H35ClN2O4S. The average molecular weight is 507 g/mol. The Balaban J connectivity index is 1.69. The number of carbonyl (C=O) groups is 1. The zero-order chi connectivity index (χ0) is 25.0. The number of rotatable bonds is 8. The highest BCUT2D eigenvalue weighted by atomic mass is 35.5. The van der Waals surface area contributed by atoms with E-state index in [1.54, 1.807) is 31.4 Å². The average Bonchev–Trinajstić information content (AvgIpc) is 2.80. The second-order valence-corrected chi connectivity index (χ2v) is 11.8. The van der Waals surface area contributed by atoms with Crippen LogP contribution in [0.4, 0.5) is 0 Å². The molecule has 0 radical (unpaired) electrons. The topological polar surface area (TPSA) is 75.7 Å². The van der Waals surface area contributed by atoms with Gasteiger partial charge in [-0.1, -0.05) is 37.6 Å². The highest BCUT2D eigenvalue weighted by Gasteiger charge is 2.33. The zero-order valence-corrected chi connectivity index (χ0v) is 22.2. The molecule has 0 spiro atoms. The van der Waals surface area contributed by atoms with Gasteiger partial charge < -0.3 is 10.1 Å². The summed E-state index contributed by atoms with van der Waals surface area (Å²) in [5, 5.41) is 3.69. The molecule has 0 aromatic heterocycles. The van der Waals surface area contributed by atoms with Gasteiger partial charge in [0.25, 0.3) is 0 Å². The van der Waals surface area contributed by atoms with Crippen molar-refractivity contribution in [2.24, 2.45) is 5.92 Å². The fourth-order valence-corrected chi connectivity index (χ4v) is 6.25. The van der Waals surface area contributed by atoms with E-state index in [9.17, 15) is 13.2 Å². The van der Waals surface area contributed by atoms with Gasteiger partial charge in [-0.3, -0.25) is 4.79 Å². The minimum absolute atomic E-state index is 0.0993. The number of carbonyl (C=O) groups excluding carboxylic acids is 1. The lowest BCUT2D eigenvalue weighted by Crippen LogP contribution is -2.46. The number of hydrogen-bond donors (Lipinski definition) is 1. The van der Waals surface area contributed by atoms with E-state index >= 15 is 0 Å². The van der Waals surface area contributed by atoms with Crippen LogP contribution in [0.3, 0.4) is 0 Å². The van der Waals surface area contributed by atoms with Gasteiger partial charge in [0.15, 0.2) is 0 Å². The zero-order valence-electron chi connectivity index (χ0n) is 20.6. The van der Waals surface area contributed by atoms with Gasteiger partial charge >= 0.3 is 0 Å². The number of halogens is 1. The number of amides is 1. The lowest BCUT2D eigenvalue weighted by molar-refractivity contribution is -0.126. The Hall–Kier alpha value is -2.09. The molecule has 3 rings (SSSR count). The van der Waals surface area contributed by atoms with Crippen molar-refractivity contribution >= 4 is 27.5 Å². The summed E-state index contributed by atoms with van der Waals surface area (Å²) >= 11 is 5.91. The molecule has 2 atom stereocenters. The summed E-state index contributed by atoms with van der Waals surface area (Å²) in [7, 11) is -1.86. The van der Waals surface area contributed by atoms with Crippen LogP contribution in [0.1, 0.15) is 67.8 Å². The van der Waals surface area contributed by atoms with Crippen LogP contribution in [-0.2, 0) is 20.6 Å². The summed E-state index contributed by atoms with van der Waals surface area (Å²) < 4.78 is 33.0. The fourth-order valence-electron chi connectivity index (χ4n) is 4.51. The standard InChI is InChI=1S/C26H35ClN2O4S/c1-17(2)23-14-24(18(3)13-25(23)33-5)19(4)28-26(30)21-7-6-12-29(15-21)34(31,32)16-20-8-10-22(27)11-9-20/h8-11,13-14,17,19,21H,6-7,12,15-16H2,1-5H3,(H,28,30). The van der Waals surface area contributed by atoms with E-state index in [2.05, 4.69) is 25.2 Å². The Labute approximate surface area is 208 Å². The maximum Gasteiger partial charge on any atom is 0.224 e. The maximum absolute atomic E-state index is 13.1. The molecule has 0 bridgehead atoms. The first-order chi connectivity index (χ1) is 16.0.